The van der Waals surface area contributed by atoms with Crippen LogP contribution in [0.5, 0.6) is 0 Å². The summed E-state index contributed by atoms with van der Waals surface area (Å²) in [5, 5.41) is 9.42. The number of aliphatic hydroxyl groups excluding tert-OH is 1. The maximum absolute atomic E-state index is 9.42. The summed E-state index contributed by atoms with van der Waals surface area (Å²) in [6.45, 7) is 0. The molecule has 0 bridgehead atoms. The smallest absolute Gasteiger partial charge is 0.0936 e. The fourth-order valence-electron chi connectivity index (χ4n) is 0.855. The van der Waals surface area contributed by atoms with E-state index in [1.165, 1.54) is 0 Å². The van der Waals surface area contributed by atoms with E-state index in [0.29, 0.717) is 0 Å². The SMILES string of the molecule is OC(CCl)c1ccc(Br)cc1Br. The van der Waals surface area contributed by atoms with Crippen LogP contribution in [0.2, 0.25) is 0 Å². The molecule has 12 heavy (non-hydrogen) atoms. The highest BCUT2D eigenvalue weighted by molar-refractivity contribution is 9.11. The molecule has 1 rings (SSSR count). The molecule has 66 valence electrons. The summed E-state index contributed by atoms with van der Waals surface area (Å²) in [6.07, 6.45) is -0.603. The van der Waals surface area contributed by atoms with Crippen molar-refractivity contribution in [3.05, 3.63) is 32.7 Å². The van der Waals surface area contributed by atoms with Gasteiger partial charge in [-0.05, 0) is 17.7 Å². The van der Waals surface area contributed by atoms with Crippen LogP contribution in [0.15, 0.2) is 27.1 Å². The highest BCUT2D eigenvalue weighted by Gasteiger charge is 2.09. The number of rotatable bonds is 2. The average Bonchev–Trinajstić information content (AvgIpc) is 2.03. The molecule has 0 aliphatic carbocycles. The predicted molar refractivity (Wildman–Crippen MR) is 57.5 cm³/mol. The Bertz CT molecular complexity index is 278. The maximum Gasteiger partial charge on any atom is 0.0936 e. The van der Waals surface area contributed by atoms with E-state index < -0.39 is 6.10 Å². The summed E-state index contributed by atoms with van der Waals surface area (Å²) in [6, 6.07) is 5.59. The van der Waals surface area contributed by atoms with Gasteiger partial charge in [-0.25, -0.2) is 0 Å². The second kappa shape index (κ2) is 4.61. The van der Waals surface area contributed by atoms with Crippen molar-refractivity contribution in [1.29, 1.82) is 0 Å². The van der Waals surface area contributed by atoms with Crippen molar-refractivity contribution < 1.29 is 5.11 Å². The van der Waals surface area contributed by atoms with E-state index >= 15 is 0 Å². The van der Waals surface area contributed by atoms with Gasteiger partial charge in [-0.15, -0.1) is 11.6 Å². The number of aliphatic hydroxyl groups is 1. The van der Waals surface area contributed by atoms with Crippen LogP contribution in [-0.4, -0.2) is 11.0 Å². The number of hydrogen-bond donors (Lipinski definition) is 1. The first kappa shape index (κ1) is 10.5. The number of hydrogen-bond acceptors (Lipinski definition) is 1. The molecule has 0 saturated carbocycles. The van der Waals surface area contributed by atoms with Crippen LogP contribution in [-0.2, 0) is 0 Å². The molecule has 1 aromatic carbocycles. The van der Waals surface area contributed by atoms with Gasteiger partial charge in [0.25, 0.3) is 0 Å². The third kappa shape index (κ3) is 2.46. The fraction of sp³-hybridized carbons (Fsp3) is 0.250. The fourth-order valence-corrected chi connectivity index (χ4v) is 2.33. The van der Waals surface area contributed by atoms with E-state index in [0.717, 1.165) is 14.5 Å². The van der Waals surface area contributed by atoms with Gasteiger partial charge in [-0.2, -0.15) is 0 Å². The Morgan fingerprint density at radius 1 is 1.42 bits per heavy atom. The Labute approximate surface area is 93.0 Å². The summed E-state index contributed by atoms with van der Waals surface area (Å²) in [4.78, 5) is 0. The van der Waals surface area contributed by atoms with Gasteiger partial charge in [0.2, 0.25) is 0 Å². The summed E-state index contributed by atoms with van der Waals surface area (Å²) >= 11 is 12.2. The second-order valence-electron chi connectivity index (χ2n) is 2.34. The molecule has 0 spiro atoms. The number of benzene rings is 1. The van der Waals surface area contributed by atoms with Gasteiger partial charge in [0.15, 0.2) is 0 Å². The van der Waals surface area contributed by atoms with E-state index in [1.807, 2.05) is 18.2 Å². The molecule has 0 saturated heterocycles. The van der Waals surface area contributed by atoms with Crippen LogP contribution in [0.1, 0.15) is 11.7 Å². The van der Waals surface area contributed by atoms with Crippen molar-refractivity contribution in [2.24, 2.45) is 0 Å². The normalized spacial score (nSPS) is 13.0. The van der Waals surface area contributed by atoms with Gasteiger partial charge >= 0.3 is 0 Å². The molecule has 1 nitrogen and oxygen atoms in total. The lowest BCUT2D eigenvalue weighted by atomic mass is 10.1. The molecule has 0 heterocycles. The zero-order valence-corrected chi connectivity index (χ0v) is 10.0. The largest absolute Gasteiger partial charge is 0.387 e. The van der Waals surface area contributed by atoms with Crippen molar-refractivity contribution >= 4 is 43.5 Å². The maximum atomic E-state index is 9.42. The van der Waals surface area contributed by atoms with Crippen molar-refractivity contribution in [1.82, 2.24) is 0 Å². The summed E-state index contributed by atoms with van der Waals surface area (Å²) in [5.74, 6) is 0.209. The zero-order chi connectivity index (χ0) is 9.14. The minimum atomic E-state index is -0.603. The molecule has 0 radical (unpaired) electrons. The van der Waals surface area contributed by atoms with Gasteiger partial charge in [-0.3, -0.25) is 0 Å². The molecule has 0 aliphatic rings. The molecular weight excluding hydrogens is 307 g/mol. The first-order valence-corrected chi connectivity index (χ1v) is 5.46. The number of halogens is 3. The van der Waals surface area contributed by atoms with Gasteiger partial charge in [0.05, 0.1) is 12.0 Å². The van der Waals surface area contributed by atoms with Crippen molar-refractivity contribution in [2.75, 3.05) is 5.88 Å². The van der Waals surface area contributed by atoms with E-state index in [9.17, 15) is 5.11 Å². The van der Waals surface area contributed by atoms with E-state index in [2.05, 4.69) is 31.9 Å². The standard InChI is InChI=1S/C8H7Br2ClO/c9-5-1-2-6(7(10)3-5)8(12)4-11/h1-3,8,12H,4H2. The van der Waals surface area contributed by atoms with Crippen molar-refractivity contribution in [3.63, 3.8) is 0 Å². The van der Waals surface area contributed by atoms with Crippen LogP contribution < -0.4 is 0 Å². The monoisotopic (exact) mass is 312 g/mol. The van der Waals surface area contributed by atoms with Crippen LogP contribution in [0.25, 0.3) is 0 Å². The Morgan fingerprint density at radius 2 is 2.08 bits per heavy atom. The molecule has 1 atom stereocenters. The summed E-state index contributed by atoms with van der Waals surface area (Å²) in [7, 11) is 0. The average molecular weight is 314 g/mol. The van der Waals surface area contributed by atoms with Crippen molar-refractivity contribution in [3.8, 4) is 0 Å². The van der Waals surface area contributed by atoms with Gasteiger partial charge in [-0.1, -0.05) is 37.9 Å². The molecule has 1 aromatic rings. The lowest BCUT2D eigenvalue weighted by Gasteiger charge is -2.09. The minimum absolute atomic E-state index is 0.209. The van der Waals surface area contributed by atoms with E-state index in [4.69, 9.17) is 11.6 Å². The lowest BCUT2D eigenvalue weighted by Crippen LogP contribution is -1.99. The van der Waals surface area contributed by atoms with E-state index in [-0.39, 0.29) is 5.88 Å². The van der Waals surface area contributed by atoms with Gasteiger partial charge in [0.1, 0.15) is 0 Å². The van der Waals surface area contributed by atoms with Crippen LogP contribution in [0.4, 0.5) is 0 Å². The quantitative estimate of drug-likeness (QED) is 0.829. The third-order valence-corrected chi connectivity index (χ3v) is 2.94. The van der Waals surface area contributed by atoms with Gasteiger partial charge in [0, 0.05) is 8.95 Å². The summed E-state index contributed by atoms with van der Waals surface area (Å²) < 4.78 is 1.84. The predicted octanol–water partition coefficient (Wildman–Crippen LogP) is 3.48. The lowest BCUT2D eigenvalue weighted by molar-refractivity contribution is 0.202. The molecule has 1 N–H and O–H groups in total. The zero-order valence-electron chi connectivity index (χ0n) is 6.10. The van der Waals surface area contributed by atoms with Crippen molar-refractivity contribution in [2.45, 2.75) is 6.10 Å². The highest BCUT2D eigenvalue weighted by atomic mass is 79.9. The molecule has 1 unspecified atom stereocenters. The Hall–Kier alpha value is 0.430. The third-order valence-electron chi connectivity index (χ3n) is 1.47. The first-order valence-electron chi connectivity index (χ1n) is 3.34. The Morgan fingerprint density at radius 3 is 2.58 bits per heavy atom. The topological polar surface area (TPSA) is 20.2 Å². The Kier molecular flexibility index (Phi) is 4.03. The Balaban J connectivity index is 3.01. The molecule has 0 amide bonds. The van der Waals surface area contributed by atoms with Gasteiger partial charge < -0.3 is 5.11 Å². The van der Waals surface area contributed by atoms with Crippen LogP contribution >= 0.6 is 43.5 Å². The second-order valence-corrected chi connectivity index (χ2v) is 4.41. The van der Waals surface area contributed by atoms with E-state index in [1.54, 1.807) is 0 Å². The van der Waals surface area contributed by atoms with Crippen LogP contribution in [0, 0.1) is 0 Å². The molecule has 0 fully saturated rings. The highest BCUT2D eigenvalue weighted by Crippen LogP contribution is 2.27. The first-order chi connectivity index (χ1) is 5.65. The molecule has 0 aliphatic heterocycles. The summed E-state index contributed by atoms with van der Waals surface area (Å²) in [5.41, 5.74) is 0.813. The molecular formula is C8H7Br2ClO. The minimum Gasteiger partial charge on any atom is -0.387 e. The molecule has 0 aromatic heterocycles. The van der Waals surface area contributed by atoms with Crippen LogP contribution in [0.3, 0.4) is 0 Å². The molecule has 4 heteroatoms. The number of alkyl halides is 1.